The smallest absolute Gasteiger partial charge is 0.150 e. The molecule has 0 aliphatic carbocycles. The average Bonchev–Trinajstić information content (AvgIpc) is 2.96. The molecular weight excluding hydrogens is 355 g/mol. The lowest BCUT2D eigenvalue weighted by molar-refractivity contribution is 0.340. The molecule has 5 nitrogen and oxygen atoms in total. The number of benzene rings is 2. The van der Waals surface area contributed by atoms with Crippen molar-refractivity contribution in [2.24, 2.45) is 0 Å². The molecule has 0 saturated heterocycles. The van der Waals surface area contributed by atoms with Crippen LogP contribution in [0.2, 0.25) is 0 Å². The van der Waals surface area contributed by atoms with Gasteiger partial charge in [-0.3, -0.25) is 4.57 Å². The van der Waals surface area contributed by atoms with Crippen LogP contribution >= 0.6 is 0 Å². The molecule has 0 aliphatic rings. The van der Waals surface area contributed by atoms with Crippen molar-refractivity contribution in [2.75, 3.05) is 11.9 Å². The van der Waals surface area contributed by atoms with E-state index in [9.17, 15) is 4.39 Å². The molecule has 4 aromatic rings. The minimum absolute atomic E-state index is 0.262. The summed E-state index contributed by atoms with van der Waals surface area (Å²) in [5.41, 5.74) is 4.67. The molecule has 1 N–H and O–H groups in total. The van der Waals surface area contributed by atoms with Crippen LogP contribution in [0.15, 0.2) is 54.9 Å². The summed E-state index contributed by atoms with van der Waals surface area (Å²) < 4.78 is 20.9. The van der Waals surface area contributed by atoms with Crippen molar-refractivity contribution >= 4 is 22.5 Å². The van der Waals surface area contributed by atoms with Crippen LogP contribution < -0.4 is 10.1 Å². The number of halogens is 1. The zero-order valence-corrected chi connectivity index (χ0v) is 16.0. The van der Waals surface area contributed by atoms with Crippen LogP contribution in [0.5, 0.6) is 5.75 Å². The molecule has 6 heteroatoms. The van der Waals surface area contributed by atoms with E-state index in [1.165, 1.54) is 18.5 Å². The van der Waals surface area contributed by atoms with Crippen LogP contribution in [-0.2, 0) is 0 Å². The lowest BCUT2D eigenvalue weighted by Crippen LogP contribution is -2.00. The third-order valence-electron chi connectivity index (χ3n) is 4.81. The summed E-state index contributed by atoms with van der Waals surface area (Å²) in [6, 6.07) is 14.2. The van der Waals surface area contributed by atoms with Gasteiger partial charge in [0, 0.05) is 17.1 Å². The first-order valence-corrected chi connectivity index (χ1v) is 9.17. The quantitative estimate of drug-likeness (QED) is 0.512. The Morgan fingerprint density at radius 2 is 1.71 bits per heavy atom. The van der Waals surface area contributed by atoms with E-state index in [1.54, 1.807) is 12.1 Å². The number of ether oxygens (including phenoxy) is 1. The molecule has 142 valence electrons. The molecule has 2 aromatic carbocycles. The minimum atomic E-state index is -0.262. The summed E-state index contributed by atoms with van der Waals surface area (Å²) in [6.45, 7) is 6.67. The van der Waals surface area contributed by atoms with Gasteiger partial charge < -0.3 is 10.1 Å². The van der Waals surface area contributed by atoms with Crippen LogP contribution in [0.4, 0.5) is 15.9 Å². The number of nitrogens with zero attached hydrogens (tertiary/aromatic N) is 3. The molecule has 4 rings (SSSR count). The van der Waals surface area contributed by atoms with Gasteiger partial charge in [0.25, 0.3) is 0 Å². The van der Waals surface area contributed by atoms with Gasteiger partial charge in [0.1, 0.15) is 23.7 Å². The van der Waals surface area contributed by atoms with Crippen molar-refractivity contribution in [3.05, 3.63) is 71.9 Å². The summed E-state index contributed by atoms with van der Waals surface area (Å²) in [5, 5.41) is 4.32. The molecule has 2 heterocycles. The second-order valence-electron chi connectivity index (χ2n) is 6.53. The normalized spacial score (nSPS) is 11.0. The van der Waals surface area contributed by atoms with E-state index in [4.69, 9.17) is 4.74 Å². The molecule has 0 saturated carbocycles. The van der Waals surface area contributed by atoms with Gasteiger partial charge in [0.05, 0.1) is 12.0 Å². The Morgan fingerprint density at radius 1 is 1.00 bits per heavy atom. The largest absolute Gasteiger partial charge is 0.494 e. The maximum Gasteiger partial charge on any atom is 0.150 e. The predicted molar refractivity (Wildman–Crippen MR) is 109 cm³/mol. The van der Waals surface area contributed by atoms with Crippen molar-refractivity contribution in [3.8, 4) is 11.4 Å². The Balaban J connectivity index is 1.78. The lowest BCUT2D eigenvalue weighted by atomic mass is 10.2. The molecule has 0 spiro atoms. The summed E-state index contributed by atoms with van der Waals surface area (Å²) in [7, 11) is 0. The molecule has 0 bridgehead atoms. The van der Waals surface area contributed by atoms with Crippen molar-refractivity contribution in [2.45, 2.75) is 20.8 Å². The third-order valence-corrected chi connectivity index (χ3v) is 4.81. The molecule has 0 unspecified atom stereocenters. The second kappa shape index (κ2) is 7.31. The number of anilines is 2. The standard InChI is InChI=1S/C22H21FN4O/c1-4-28-19-11-7-17(8-12-19)26-21-20-14(2)15(3)27(22(20)25-13-24-21)18-9-5-16(23)6-10-18/h5-13H,4H2,1-3H3,(H,24,25,26). The molecular formula is C22H21FN4O. The van der Waals surface area contributed by atoms with E-state index < -0.39 is 0 Å². The van der Waals surface area contributed by atoms with Gasteiger partial charge in [-0.15, -0.1) is 0 Å². The van der Waals surface area contributed by atoms with Gasteiger partial charge in [-0.2, -0.15) is 0 Å². The Labute approximate surface area is 162 Å². The highest BCUT2D eigenvalue weighted by Gasteiger charge is 2.17. The number of aromatic nitrogens is 3. The first kappa shape index (κ1) is 18.0. The number of nitrogens with one attached hydrogen (secondary N) is 1. The summed E-state index contributed by atoms with van der Waals surface area (Å²) in [6.07, 6.45) is 1.54. The second-order valence-corrected chi connectivity index (χ2v) is 6.53. The number of hydrogen-bond donors (Lipinski definition) is 1. The van der Waals surface area contributed by atoms with Gasteiger partial charge in [0.2, 0.25) is 0 Å². The van der Waals surface area contributed by atoms with E-state index in [1.807, 2.05) is 49.6 Å². The highest BCUT2D eigenvalue weighted by molar-refractivity contribution is 5.94. The Hall–Kier alpha value is -3.41. The number of aryl methyl sites for hydroxylation is 1. The van der Waals surface area contributed by atoms with Crippen molar-refractivity contribution in [1.82, 2.24) is 14.5 Å². The number of rotatable bonds is 5. The van der Waals surface area contributed by atoms with Gasteiger partial charge in [-0.05, 0) is 74.9 Å². The molecule has 28 heavy (non-hydrogen) atoms. The van der Waals surface area contributed by atoms with E-state index >= 15 is 0 Å². The predicted octanol–water partition coefficient (Wildman–Crippen LogP) is 5.32. The fraction of sp³-hybridized carbons (Fsp3) is 0.182. The number of hydrogen-bond acceptors (Lipinski definition) is 4. The first-order chi connectivity index (χ1) is 13.6. The van der Waals surface area contributed by atoms with E-state index in [0.29, 0.717) is 6.61 Å². The fourth-order valence-corrected chi connectivity index (χ4v) is 3.34. The van der Waals surface area contributed by atoms with Crippen LogP contribution in [0, 0.1) is 19.7 Å². The average molecular weight is 376 g/mol. The summed E-state index contributed by atoms with van der Waals surface area (Å²) in [4.78, 5) is 8.96. The molecule has 0 fully saturated rings. The summed E-state index contributed by atoms with van der Waals surface area (Å²) >= 11 is 0. The lowest BCUT2D eigenvalue weighted by Gasteiger charge is -2.10. The third kappa shape index (κ3) is 3.17. The Kier molecular flexibility index (Phi) is 4.69. The highest BCUT2D eigenvalue weighted by Crippen LogP contribution is 2.32. The fourth-order valence-electron chi connectivity index (χ4n) is 3.34. The maximum atomic E-state index is 13.4. The topological polar surface area (TPSA) is 52.0 Å². The zero-order valence-electron chi connectivity index (χ0n) is 16.0. The van der Waals surface area contributed by atoms with Crippen molar-refractivity contribution in [1.29, 1.82) is 0 Å². The number of fused-ring (bicyclic) bond motifs is 1. The van der Waals surface area contributed by atoms with Gasteiger partial charge in [-0.1, -0.05) is 0 Å². The van der Waals surface area contributed by atoms with Crippen LogP contribution in [0.3, 0.4) is 0 Å². The molecule has 0 aliphatic heterocycles. The zero-order chi connectivity index (χ0) is 19.7. The molecule has 0 amide bonds. The Bertz CT molecular complexity index is 1120. The van der Waals surface area contributed by atoms with Crippen LogP contribution in [-0.4, -0.2) is 21.1 Å². The Morgan fingerprint density at radius 3 is 2.39 bits per heavy atom. The molecule has 0 atom stereocenters. The van der Waals surface area contributed by atoms with Crippen molar-refractivity contribution < 1.29 is 9.13 Å². The van der Waals surface area contributed by atoms with Crippen LogP contribution in [0.1, 0.15) is 18.2 Å². The maximum absolute atomic E-state index is 13.4. The van der Waals surface area contributed by atoms with E-state index in [2.05, 4.69) is 15.3 Å². The first-order valence-electron chi connectivity index (χ1n) is 9.17. The SMILES string of the molecule is CCOc1ccc(Nc2ncnc3c2c(C)c(C)n3-c2ccc(F)cc2)cc1. The van der Waals surface area contributed by atoms with Gasteiger partial charge >= 0.3 is 0 Å². The molecule has 2 aromatic heterocycles. The van der Waals surface area contributed by atoms with E-state index in [-0.39, 0.29) is 5.82 Å². The molecule has 0 radical (unpaired) electrons. The van der Waals surface area contributed by atoms with Crippen molar-refractivity contribution in [3.63, 3.8) is 0 Å². The minimum Gasteiger partial charge on any atom is -0.494 e. The van der Waals surface area contributed by atoms with Crippen LogP contribution in [0.25, 0.3) is 16.7 Å². The van der Waals surface area contributed by atoms with E-state index in [0.717, 1.165) is 45.2 Å². The highest BCUT2D eigenvalue weighted by atomic mass is 19.1. The van der Waals surface area contributed by atoms with Gasteiger partial charge in [-0.25, -0.2) is 14.4 Å². The monoisotopic (exact) mass is 376 g/mol. The van der Waals surface area contributed by atoms with Gasteiger partial charge in [0.15, 0.2) is 5.65 Å². The summed E-state index contributed by atoms with van der Waals surface area (Å²) in [5.74, 6) is 1.30.